The van der Waals surface area contributed by atoms with Gasteiger partial charge in [0.1, 0.15) is 22.8 Å². The van der Waals surface area contributed by atoms with Crippen LogP contribution in [0.15, 0.2) is 85.5 Å². The van der Waals surface area contributed by atoms with Gasteiger partial charge in [-0.05, 0) is 110 Å². The number of carbonyl (C=O) groups is 2. The number of nitrogen functional groups attached to an aromatic ring is 2. The Balaban J connectivity index is 0.000000193. The molecule has 0 aliphatic heterocycles. The minimum absolute atomic E-state index is 0.00757. The van der Waals surface area contributed by atoms with E-state index in [4.69, 9.17) is 45.5 Å². The van der Waals surface area contributed by atoms with Crippen molar-refractivity contribution in [2.75, 3.05) is 11.5 Å². The first kappa shape index (κ1) is 51.0. The Morgan fingerprint density at radius 3 is 1.51 bits per heavy atom. The van der Waals surface area contributed by atoms with Gasteiger partial charge in [-0.25, -0.2) is 14.8 Å². The summed E-state index contributed by atoms with van der Waals surface area (Å²) >= 11 is 11.9. The van der Waals surface area contributed by atoms with Crippen molar-refractivity contribution in [2.45, 2.75) is 66.2 Å². The number of anilines is 2. The average Bonchev–Trinajstić information content (AvgIpc) is 3.89. The molecule has 6 aromatic heterocycles. The smallest absolute Gasteiger partial charge is 0.420 e. The molecule has 0 saturated heterocycles. The summed E-state index contributed by atoms with van der Waals surface area (Å²) in [6.07, 6.45) is -5.01. The summed E-state index contributed by atoms with van der Waals surface area (Å²) in [5.41, 5.74) is 20.5. The van der Waals surface area contributed by atoms with E-state index in [2.05, 4.69) is 35.5 Å². The third kappa shape index (κ3) is 12.8. The zero-order chi connectivity index (χ0) is 50.5. The van der Waals surface area contributed by atoms with Gasteiger partial charge in [-0.2, -0.15) is 36.5 Å². The van der Waals surface area contributed by atoms with Crippen LogP contribution in [0.2, 0.25) is 10.0 Å². The number of carbonyl (C=O) groups excluding carboxylic acids is 1. The number of nitrogens with one attached hydrogen (secondary N) is 1. The van der Waals surface area contributed by atoms with Gasteiger partial charge in [0.25, 0.3) is 5.91 Å². The summed E-state index contributed by atoms with van der Waals surface area (Å²) in [7, 11) is 0. The Hall–Kier alpha value is -7.36. The lowest BCUT2D eigenvalue weighted by Crippen LogP contribution is -2.27. The molecule has 0 saturated carbocycles. The zero-order valence-electron chi connectivity index (χ0n) is 37.0. The Bertz CT molecular complexity index is 3170. The van der Waals surface area contributed by atoms with Crippen LogP contribution in [0.5, 0.6) is 0 Å². The third-order valence-electron chi connectivity index (χ3n) is 10.4. The van der Waals surface area contributed by atoms with E-state index in [1.807, 2.05) is 19.9 Å². The molecule has 23 heteroatoms. The largest absolute Gasteiger partial charge is 0.476 e. The van der Waals surface area contributed by atoms with Crippen molar-refractivity contribution in [3.8, 4) is 0 Å². The van der Waals surface area contributed by atoms with Gasteiger partial charge < -0.3 is 27.6 Å². The second kappa shape index (κ2) is 20.9. The highest BCUT2D eigenvalue weighted by atomic mass is 35.5. The molecule has 360 valence electrons. The zero-order valence-corrected chi connectivity index (χ0v) is 38.5. The van der Waals surface area contributed by atoms with E-state index in [0.717, 1.165) is 48.7 Å². The number of benzene rings is 2. The number of carboxylic acids is 1. The van der Waals surface area contributed by atoms with E-state index in [-0.39, 0.29) is 19.6 Å². The van der Waals surface area contributed by atoms with Crippen LogP contribution in [0.1, 0.15) is 76.9 Å². The van der Waals surface area contributed by atoms with Gasteiger partial charge in [0, 0.05) is 60.0 Å². The highest BCUT2D eigenvalue weighted by molar-refractivity contribution is 6.31. The lowest BCUT2D eigenvalue weighted by molar-refractivity contribution is -0.138. The van der Waals surface area contributed by atoms with E-state index in [0.29, 0.717) is 67.8 Å². The van der Waals surface area contributed by atoms with Gasteiger partial charge in [-0.3, -0.25) is 24.1 Å². The van der Waals surface area contributed by atoms with Crippen LogP contribution in [0.25, 0.3) is 21.8 Å². The molecule has 6 heterocycles. The molecule has 2 aromatic carbocycles. The second-order valence-electron chi connectivity index (χ2n) is 15.6. The number of fused-ring (bicyclic) bond motifs is 2. The Morgan fingerprint density at radius 1 is 0.667 bits per heavy atom. The minimum Gasteiger partial charge on any atom is -0.476 e. The summed E-state index contributed by atoms with van der Waals surface area (Å²) in [6, 6.07) is 17.2. The number of carboxylic acid groups (broad SMARTS) is 1. The fourth-order valence-electron chi connectivity index (χ4n) is 7.23. The van der Waals surface area contributed by atoms with Crippen LogP contribution >= 0.6 is 23.2 Å². The average molecular weight is 996 g/mol. The lowest BCUT2D eigenvalue weighted by atomic mass is 10.1. The number of nitrogens with zero attached hydrogens (tertiary/aromatic N) is 8. The Kier molecular flexibility index (Phi) is 15.4. The van der Waals surface area contributed by atoms with Crippen LogP contribution in [-0.2, 0) is 38.5 Å². The van der Waals surface area contributed by atoms with Gasteiger partial charge >= 0.3 is 18.3 Å². The van der Waals surface area contributed by atoms with Crippen LogP contribution in [-0.4, -0.2) is 56.5 Å². The molecule has 1 amide bonds. The highest BCUT2D eigenvalue weighted by Crippen LogP contribution is 2.33. The van der Waals surface area contributed by atoms with Crippen LogP contribution in [0, 0.1) is 27.7 Å². The van der Waals surface area contributed by atoms with Crippen LogP contribution in [0.3, 0.4) is 0 Å². The third-order valence-corrected chi connectivity index (χ3v) is 10.9. The first-order valence-electron chi connectivity index (χ1n) is 20.4. The lowest BCUT2D eigenvalue weighted by Gasteiger charge is -2.11. The second-order valence-corrected chi connectivity index (χ2v) is 16.5. The number of amides is 1. The Morgan fingerprint density at radius 2 is 1.10 bits per heavy atom. The van der Waals surface area contributed by atoms with Gasteiger partial charge in [-0.1, -0.05) is 35.3 Å². The molecule has 0 aliphatic carbocycles. The van der Waals surface area contributed by atoms with Crippen molar-refractivity contribution in [3.05, 3.63) is 163 Å². The number of aromatic nitrogens is 8. The minimum atomic E-state index is -4.78. The standard InChI is InChI=1S/C23H20ClF3N6O.C15H9ClF3N3O2.C8H13N3/c1-12-5-20(28)31-13(2)17(12)9-30-22(34)21-18(23(25,26)27)11-33(32-21)10-14-3-4-19-15(6-14)7-16(24)8-29-19;16-10-4-9-3-8(1-2-12(9)20-5-10)6-22-7-11(15(17,18)19)13(21-22)14(23)24;1-5-3-8(10)11-6(2)7(5)4-9/h3-8,11H,9-10H2,1-2H3,(H2,28,31)(H,30,34);1-5,7H,6H2,(H,23,24);3H,4,9H2,1-2H3,(H2,10,11). The molecule has 0 spiro atoms. The summed E-state index contributed by atoms with van der Waals surface area (Å²) < 4.78 is 81.7. The molecule has 0 radical (unpaired) electrons. The highest BCUT2D eigenvalue weighted by Gasteiger charge is 2.39. The maximum absolute atomic E-state index is 13.7. The molecule has 0 unspecified atom stereocenters. The summed E-state index contributed by atoms with van der Waals surface area (Å²) in [4.78, 5) is 40.2. The van der Waals surface area contributed by atoms with E-state index < -0.39 is 46.7 Å². The molecule has 8 aromatic rings. The molecule has 0 fully saturated rings. The van der Waals surface area contributed by atoms with Gasteiger partial charge in [0.05, 0.1) is 34.2 Å². The number of hydrogen-bond acceptors (Lipinski definition) is 11. The number of rotatable bonds is 9. The first-order valence-corrected chi connectivity index (χ1v) is 21.2. The maximum Gasteiger partial charge on any atom is 0.420 e. The maximum atomic E-state index is 13.7. The number of nitrogens with two attached hydrogens (primary N) is 3. The quantitative estimate of drug-likeness (QED) is 0.0852. The van der Waals surface area contributed by atoms with Crippen molar-refractivity contribution < 1.29 is 41.0 Å². The summed E-state index contributed by atoms with van der Waals surface area (Å²) in [6.45, 7) is 7.95. The van der Waals surface area contributed by atoms with E-state index in [1.54, 1.807) is 68.4 Å². The van der Waals surface area contributed by atoms with E-state index in [1.165, 1.54) is 12.4 Å². The Labute approximate surface area is 399 Å². The molecule has 8 N–H and O–H groups in total. The number of aryl methyl sites for hydroxylation is 4. The summed E-state index contributed by atoms with van der Waals surface area (Å²) in [5.74, 6) is -1.76. The molecular weight excluding hydrogens is 953 g/mol. The molecule has 0 aliphatic rings. The van der Waals surface area contributed by atoms with Crippen LogP contribution in [0.4, 0.5) is 38.0 Å². The van der Waals surface area contributed by atoms with Crippen LogP contribution < -0.4 is 22.5 Å². The fourth-order valence-corrected chi connectivity index (χ4v) is 7.56. The van der Waals surface area contributed by atoms with Gasteiger partial charge in [0.15, 0.2) is 11.4 Å². The summed E-state index contributed by atoms with van der Waals surface area (Å²) in [5, 5.41) is 21.2. The van der Waals surface area contributed by atoms with Crippen molar-refractivity contribution in [3.63, 3.8) is 0 Å². The first-order chi connectivity index (χ1) is 32.4. The number of hydrogen-bond donors (Lipinski definition) is 5. The van der Waals surface area contributed by atoms with Gasteiger partial charge in [-0.15, -0.1) is 0 Å². The van der Waals surface area contributed by atoms with Crippen molar-refractivity contribution >= 4 is 68.5 Å². The predicted octanol–water partition coefficient (Wildman–Crippen LogP) is 9.27. The van der Waals surface area contributed by atoms with Gasteiger partial charge in [0.2, 0.25) is 0 Å². The normalized spacial score (nSPS) is 11.5. The topological polar surface area (TPSA) is 232 Å². The fraction of sp³-hybridized carbons (Fsp3) is 0.217. The molecule has 15 nitrogen and oxygen atoms in total. The SMILES string of the molecule is Cc1cc(N)nc(C)c1CN.Cc1cc(N)nc(C)c1CNC(=O)c1nn(Cc2ccc3ncc(Cl)cc3c2)cc1C(F)(F)F.O=C(O)c1nn(Cc2ccc3ncc(Cl)cc3c2)cc1C(F)(F)F. The monoisotopic (exact) mass is 994 g/mol. The molecule has 0 bridgehead atoms. The molecular formula is C46H42Cl2F6N12O3. The molecule has 0 atom stereocenters. The van der Waals surface area contributed by atoms with E-state index in [9.17, 15) is 35.9 Å². The number of aromatic carboxylic acids is 1. The molecule has 69 heavy (non-hydrogen) atoms. The predicted molar refractivity (Wildman–Crippen MR) is 248 cm³/mol. The van der Waals surface area contributed by atoms with Crippen molar-refractivity contribution in [1.29, 1.82) is 0 Å². The number of alkyl halides is 6. The van der Waals surface area contributed by atoms with E-state index >= 15 is 0 Å². The van der Waals surface area contributed by atoms with Crippen molar-refractivity contribution in [1.82, 2.24) is 44.8 Å². The van der Waals surface area contributed by atoms with Crippen molar-refractivity contribution in [2.24, 2.45) is 5.73 Å². The number of pyridine rings is 4. The number of halogens is 8. The molecule has 8 rings (SSSR count).